The summed E-state index contributed by atoms with van der Waals surface area (Å²) < 4.78 is 5.00. The topological polar surface area (TPSA) is 41.5 Å². The number of nitrogens with one attached hydrogen (secondary N) is 1. The van der Waals surface area contributed by atoms with Crippen molar-refractivity contribution in [3.05, 3.63) is 0 Å². The quantitative estimate of drug-likeness (QED) is 0.568. The van der Waals surface area contributed by atoms with E-state index in [4.69, 9.17) is 9.84 Å². The van der Waals surface area contributed by atoms with Gasteiger partial charge in [0.05, 0.1) is 13.2 Å². The van der Waals surface area contributed by atoms with Crippen LogP contribution in [0.25, 0.3) is 0 Å². The molecule has 1 heterocycles. The second kappa shape index (κ2) is 3.91. The molecule has 0 spiro atoms. The molecule has 3 heteroatoms. The summed E-state index contributed by atoms with van der Waals surface area (Å²) in [7, 11) is 1.71. The molecule has 1 fully saturated rings. The van der Waals surface area contributed by atoms with E-state index >= 15 is 0 Å². The summed E-state index contributed by atoms with van der Waals surface area (Å²) in [5, 5.41) is 12.0. The lowest BCUT2D eigenvalue weighted by atomic mass is 10.1. The van der Waals surface area contributed by atoms with E-state index in [1.54, 1.807) is 7.11 Å². The molecule has 0 amide bonds. The Bertz CT molecular complexity index is 97.6. The van der Waals surface area contributed by atoms with Crippen molar-refractivity contribution >= 4 is 0 Å². The normalized spacial score (nSPS) is 33.0. The van der Waals surface area contributed by atoms with Crippen LogP contribution in [0.1, 0.15) is 6.42 Å². The average Bonchev–Trinajstić information content (AvgIpc) is 2.37. The van der Waals surface area contributed by atoms with Crippen LogP contribution in [0.3, 0.4) is 0 Å². The number of hydrogen-bond donors (Lipinski definition) is 2. The number of ether oxygens (including phenoxy) is 1. The molecule has 60 valence electrons. The van der Waals surface area contributed by atoms with Crippen LogP contribution in [0.2, 0.25) is 0 Å². The van der Waals surface area contributed by atoms with Crippen LogP contribution in [-0.4, -0.2) is 38.0 Å². The summed E-state index contributed by atoms with van der Waals surface area (Å²) in [6.45, 7) is 2.04. The minimum absolute atomic E-state index is 0.250. The highest BCUT2D eigenvalue weighted by Gasteiger charge is 2.22. The number of methoxy groups -OCH3 is 1. The molecule has 0 aromatic heterocycles. The number of aliphatic hydroxyl groups is 1. The first-order valence-corrected chi connectivity index (χ1v) is 3.70. The Labute approximate surface area is 61.4 Å². The van der Waals surface area contributed by atoms with E-state index in [9.17, 15) is 0 Å². The van der Waals surface area contributed by atoms with Crippen molar-refractivity contribution in [2.75, 3.05) is 26.9 Å². The highest BCUT2D eigenvalue weighted by molar-refractivity contribution is 4.80. The summed E-state index contributed by atoms with van der Waals surface area (Å²) in [5.74, 6) is 0.599. The van der Waals surface area contributed by atoms with E-state index in [1.807, 2.05) is 0 Å². The Morgan fingerprint density at radius 3 is 3.00 bits per heavy atom. The Morgan fingerprint density at radius 1 is 1.70 bits per heavy atom. The number of rotatable bonds is 3. The molecule has 0 aromatic rings. The van der Waals surface area contributed by atoms with Crippen molar-refractivity contribution in [3.8, 4) is 0 Å². The third-order valence-corrected chi connectivity index (χ3v) is 1.94. The van der Waals surface area contributed by atoms with Crippen molar-refractivity contribution < 1.29 is 9.84 Å². The van der Waals surface area contributed by atoms with Crippen LogP contribution in [0, 0.1) is 5.92 Å². The molecular weight excluding hydrogens is 130 g/mol. The molecule has 0 aliphatic carbocycles. The predicted octanol–water partition coefficient (Wildman–Crippen LogP) is -0.397. The first kappa shape index (κ1) is 7.98. The molecule has 0 radical (unpaired) electrons. The minimum Gasteiger partial charge on any atom is -0.395 e. The van der Waals surface area contributed by atoms with E-state index < -0.39 is 0 Å². The molecule has 1 saturated heterocycles. The summed E-state index contributed by atoms with van der Waals surface area (Å²) >= 11 is 0. The van der Waals surface area contributed by atoms with Gasteiger partial charge in [-0.2, -0.15) is 0 Å². The fraction of sp³-hybridized carbons (Fsp3) is 1.00. The molecule has 0 aromatic carbocycles. The molecule has 2 N–H and O–H groups in total. The second-order valence-corrected chi connectivity index (χ2v) is 2.84. The fourth-order valence-electron chi connectivity index (χ4n) is 1.40. The molecule has 1 rings (SSSR count). The standard InChI is InChI=1S/C7H15NO2/c1-10-5-6-2-7(4-9)8-3-6/h6-9H,2-5H2,1H3/t6-,7-/m1/s1. The van der Waals surface area contributed by atoms with Gasteiger partial charge in [0.25, 0.3) is 0 Å². The Kier molecular flexibility index (Phi) is 3.12. The molecule has 0 unspecified atom stereocenters. The van der Waals surface area contributed by atoms with Gasteiger partial charge in [0.1, 0.15) is 0 Å². The lowest BCUT2D eigenvalue weighted by Crippen LogP contribution is -2.24. The van der Waals surface area contributed by atoms with Gasteiger partial charge in [-0.05, 0) is 12.3 Å². The lowest BCUT2D eigenvalue weighted by Gasteiger charge is -2.05. The minimum atomic E-state index is 0.250. The van der Waals surface area contributed by atoms with Gasteiger partial charge in [-0.3, -0.25) is 0 Å². The van der Waals surface area contributed by atoms with Crippen molar-refractivity contribution in [3.63, 3.8) is 0 Å². The van der Waals surface area contributed by atoms with Gasteiger partial charge in [0.15, 0.2) is 0 Å². The van der Waals surface area contributed by atoms with E-state index in [2.05, 4.69) is 5.32 Å². The fourth-order valence-corrected chi connectivity index (χ4v) is 1.40. The predicted molar refractivity (Wildman–Crippen MR) is 38.9 cm³/mol. The van der Waals surface area contributed by atoms with Crippen LogP contribution in [0.4, 0.5) is 0 Å². The molecule has 3 nitrogen and oxygen atoms in total. The van der Waals surface area contributed by atoms with Crippen LogP contribution < -0.4 is 5.32 Å². The first-order chi connectivity index (χ1) is 4.86. The zero-order valence-corrected chi connectivity index (χ0v) is 6.34. The average molecular weight is 145 g/mol. The van der Waals surface area contributed by atoms with Gasteiger partial charge in [-0.1, -0.05) is 0 Å². The van der Waals surface area contributed by atoms with E-state index in [1.165, 1.54) is 0 Å². The smallest absolute Gasteiger partial charge is 0.0584 e. The largest absolute Gasteiger partial charge is 0.395 e. The monoisotopic (exact) mass is 145 g/mol. The SMILES string of the molecule is COC[C@H]1CN[C@@H](CO)C1. The van der Waals surface area contributed by atoms with E-state index in [0.29, 0.717) is 12.0 Å². The summed E-state index contributed by atoms with van der Waals surface area (Å²) in [6.07, 6.45) is 1.05. The van der Waals surface area contributed by atoms with Crippen molar-refractivity contribution in [2.24, 2.45) is 5.92 Å². The zero-order chi connectivity index (χ0) is 7.40. The Balaban J connectivity index is 2.15. The molecule has 2 atom stereocenters. The summed E-state index contributed by atoms with van der Waals surface area (Å²) in [6, 6.07) is 0.306. The van der Waals surface area contributed by atoms with Gasteiger partial charge < -0.3 is 15.2 Å². The van der Waals surface area contributed by atoms with Gasteiger partial charge in [-0.25, -0.2) is 0 Å². The molecule has 0 bridgehead atoms. The third-order valence-electron chi connectivity index (χ3n) is 1.94. The van der Waals surface area contributed by atoms with Crippen LogP contribution in [-0.2, 0) is 4.74 Å². The number of aliphatic hydroxyl groups excluding tert-OH is 1. The van der Waals surface area contributed by atoms with Gasteiger partial charge >= 0.3 is 0 Å². The van der Waals surface area contributed by atoms with Gasteiger partial charge in [-0.15, -0.1) is 0 Å². The van der Waals surface area contributed by atoms with Gasteiger partial charge in [0.2, 0.25) is 0 Å². The molecule has 0 saturated carbocycles. The maximum absolute atomic E-state index is 8.75. The van der Waals surface area contributed by atoms with Crippen LogP contribution >= 0.6 is 0 Å². The Hall–Kier alpha value is -0.120. The Morgan fingerprint density at radius 2 is 2.50 bits per heavy atom. The highest BCUT2D eigenvalue weighted by atomic mass is 16.5. The first-order valence-electron chi connectivity index (χ1n) is 3.70. The molecule has 10 heavy (non-hydrogen) atoms. The molecular formula is C7H15NO2. The zero-order valence-electron chi connectivity index (χ0n) is 6.34. The molecule has 1 aliphatic rings. The van der Waals surface area contributed by atoms with E-state index in [-0.39, 0.29) is 6.61 Å². The van der Waals surface area contributed by atoms with Crippen LogP contribution in [0.15, 0.2) is 0 Å². The lowest BCUT2D eigenvalue weighted by molar-refractivity contribution is 0.157. The summed E-state index contributed by atoms with van der Waals surface area (Å²) in [5.41, 5.74) is 0. The van der Waals surface area contributed by atoms with Crippen LogP contribution in [0.5, 0.6) is 0 Å². The summed E-state index contributed by atoms with van der Waals surface area (Å²) in [4.78, 5) is 0. The van der Waals surface area contributed by atoms with Crippen molar-refractivity contribution in [1.29, 1.82) is 0 Å². The molecule has 1 aliphatic heterocycles. The number of hydrogen-bond acceptors (Lipinski definition) is 3. The maximum Gasteiger partial charge on any atom is 0.0584 e. The van der Waals surface area contributed by atoms with E-state index in [0.717, 1.165) is 19.6 Å². The highest BCUT2D eigenvalue weighted by Crippen LogP contribution is 2.12. The van der Waals surface area contributed by atoms with Crippen molar-refractivity contribution in [1.82, 2.24) is 5.32 Å². The van der Waals surface area contributed by atoms with Crippen molar-refractivity contribution in [2.45, 2.75) is 12.5 Å². The maximum atomic E-state index is 8.75. The third kappa shape index (κ3) is 1.94. The second-order valence-electron chi connectivity index (χ2n) is 2.84. The van der Waals surface area contributed by atoms with Gasteiger partial charge in [0, 0.05) is 19.7 Å².